The molecule has 0 bridgehead atoms. The van der Waals surface area contributed by atoms with E-state index in [1.54, 1.807) is 0 Å². The lowest BCUT2D eigenvalue weighted by molar-refractivity contribution is 0.197. The van der Waals surface area contributed by atoms with E-state index in [1.807, 2.05) is 42.5 Å². The molecule has 7 aromatic rings. The first kappa shape index (κ1) is 24.0. The minimum Gasteiger partial charge on any atom is -0.468 e. The molecule has 4 N–H and O–H groups in total. The van der Waals surface area contributed by atoms with Crippen molar-refractivity contribution in [1.82, 2.24) is 0 Å². The molecule has 3 heterocycles. The summed E-state index contributed by atoms with van der Waals surface area (Å²) in [6, 6.07) is 43.9. The van der Waals surface area contributed by atoms with Gasteiger partial charge in [0.25, 0.3) is 0 Å². The van der Waals surface area contributed by atoms with Gasteiger partial charge in [-0.15, -0.1) is 0 Å². The molecule has 43 heavy (non-hydrogen) atoms. The van der Waals surface area contributed by atoms with Gasteiger partial charge < -0.3 is 20.6 Å². The standard InChI is InChI=1S/C38H27N3O2/c39-35-30-14-5-8-19-33(30)43-38-34(29-13-3-6-17-31(29)41(38)37(35)40)26-21-20-24(22-10-1-2-11-23(22)26)27-15-9-16-28-25-12-4-7-18-32(25)42-36(27)28/h1-21,34,38H,39-40H2. The van der Waals surface area contributed by atoms with Crippen molar-refractivity contribution in [3.63, 3.8) is 0 Å². The molecule has 0 saturated carbocycles. The van der Waals surface area contributed by atoms with Gasteiger partial charge in [-0.2, -0.15) is 0 Å². The van der Waals surface area contributed by atoms with Crippen LogP contribution in [0.3, 0.4) is 0 Å². The average molecular weight is 558 g/mol. The van der Waals surface area contributed by atoms with E-state index >= 15 is 0 Å². The number of benzene rings is 6. The molecule has 2 unspecified atom stereocenters. The van der Waals surface area contributed by atoms with Gasteiger partial charge in [0.1, 0.15) is 22.7 Å². The van der Waals surface area contributed by atoms with Crippen LogP contribution in [0.15, 0.2) is 138 Å². The van der Waals surface area contributed by atoms with Crippen molar-refractivity contribution in [2.24, 2.45) is 11.5 Å². The molecule has 0 spiro atoms. The number of para-hydroxylation sites is 4. The van der Waals surface area contributed by atoms with Crippen molar-refractivity contribution in [2.75, 3.05) is 4.90 Å². The molecule has 6 aromatic carbocycles. The lowest BCUT2D eigenvalue weighted by Gasteiger charge is -2.30. The van der Waals surface area contributed by atoms with Crippen LogP contribution in [0.5, 0.6) is 5.75 Å². The lowest BCUT2D eigenvalue weighted by atomic mass is 9.85. The summed E-state index contributed by atoms with van der Waals surface area (Å²) in [4.78, 5) is 2.06. The maximum atomic E-state index is 6.84. The Morgan fingerprint density at radius 3 is 2.14 bits per heavy atom. The molecule has 0 fully saturated rings. The van der Waals surface area contributed by atoms with E-state index in [4.69, 9.17) is 20.6 Å². The maximum absolute atomic E-state index is 6.84. The number of nitrogens with two attached hydrogens (primary N) is 2. The number of ether oxygens (including phenoxy) is 1. The maximum Gasteiger partial charge on any atom is 0.188 e. The van der Waals surface area contributed by atoms with Gasteiger partial charge in [-0.05, 0) is 51.7 Å². The highest BCUT2D eigenvalue weighted by atomic mass is 16.5. The summed E-state index contributed by atoms with van der Waals surface area (Å²) in [6.45, 7) is 0. The Labute approximate surface area is 248 Å². The zero-order chi connectivity index (χ0) is 28.7. The summed E-state index contributed by atoms with van der Waals surface area (Å²) >= 11 is 0. The smallest absolute Gasteiger partial charge is 0.188 e. The van der Waals surface area contributed by atoms with Gasteiger partial charge in [0.15, 0.2) is 6.23 Å². The average Bonchev–Trinajstić information content (AvgIpc) is 3.56. The molecule has 0 aliphatic carbocycles. The molecule has 0 radical (unpaired) electrons. The summed E-state index contributed by atoms with van der Waals surface area (Å²) in [5, 5.41) is 4.55. The van der Waals surface area contributed by atoms with Crippen LogP contribution in [-0.2, 0) is 0 Å². The van der Waals surface area contributed by atoms with E-state index in [-0.39, 0.29) is 5.92 Å². The number of fused-ring (bicyclic) bond motifs is 8. The zero-order valence-corrected chi connectivity index (χ0v) is 23.2. The minimum absolute atomic E-state index is 0.116. The second-order valence-electron chi connectivity index (χ2n) is 11.2. The van der Waals surface area contributed by atoms with Crippen LogP contribution in [0.4, 0.5) is 5.69 Å². The van der Waals surface area contributed by atoms with Gasteiger partial charge in [0.2, 0.25) is 0 Å². The molecule has 5 nitrogen and oxygen atoms in total. The van der Waals surface area contributed by atoms with Crippen LogP contribution in [0.1, 0.15) is 22.6 Å². The summed E-state index contributed by atoms with van der Waals surface area (Å²) in [6.07, 6.45) is -0.410. The Morgan fingerprint density at radius 1 is 0.535 bits per heavy atom. The number of anilines is 1. The zero-order valence-electron chi connectivity index (χ0n) is 23.2. The Balaban J connectivity index is 1.28. The van der Waals surface area contributed by atoms with Gasteiger partial charge in [-0.25, -0.2) is 0 Å². The SMILES string of the molecule is NC1=C(N)N2c3ccccc3C(c3ccc(-c4cccc5c4oc4ccccc45)c4ccccc34)C2Oc2ccccc21. The third kappa shape index (κ3) is 3.33. The normalized spacial score (nSPS) is 17.5. The van der Waals surface area contributed by atoms with Crippen LogP contribution in [0.25, 0.3) is 49.5 Å². The molecule has 1 aromatic heterocycles. The van der Waals surface area contributed by atoms with E-state index < -0.39 is 6.23 Å². The molecule has 206 valence electrons. The van der Waals surface area contributed by atoms with Crippen molar-refractivity contribution in [3.8, 4) is 16.9 Å². The Morgan fingerprint density at radius 2 is 1.23 bits per heavy atom. The molecule has 9 rings (SSSR count). The molecule has 0 saturated heterocycles. The first-order valence-corrected chi connectivity index (χ1v) is 14.5. The van der Waals surface area contributed by atoms with E-state index in [9.17, 15) is 0 Å². The van der Waals surface area contributed by atoms with Gasteiger partial charge in [-0.3, -0.25) is 4.90 Å². The van der Waals surface area contributed by atoms with Gasteiger partial charge >= 0.3 is 0 Å². The van der Waals surface area contributed by atoms with Crippen LogP contribution in [-0.4, -0.2) is 6.23 Å². The molecule has 5 heteroatoms. The molecule has 2 atom stereocenters. The van der Waals surface area contributed by atoms with E-state index in [2.05, 4.69) is 89.8 Å². The fourth-order valence-corrected chi connectivity index (χ4v) is 7.10. The number of rotatable bonds is 2. The Kier molecular flexibility index (Phi) is 4.97. The summed E-state index contributed by atoms with van der Waals surface area (Å²) in [7, 11) is 0. The molecular formula is C38H27N3O2. The highest BCUT2D eigenvalue weighted by molar-refractivity contribution is 6.12. The number of furan rings is 1. The molecular weight excluding hydrogens is 530 g/mol. The number of hydrogen-bond acceptors (Lipinski definition) is 5. The third-order valence-electron chi connectivity index (χ3n) is 9.02. The van der Waals surface area contributed by atoms with Crippen molar-refractivity contribution >= 4 is 44.1 Å². The van der Waals surface area contributed by atoms with Crippen molar-refractivity contribution < 1.29 is 9.15 Å². The van der Waals surface area contributed by atoms with E-state index in [0.717, 1.165) is 66.4 Å². The van der Waals surface area contributed by atoms with Crippen molar-refractivity contribution in [2.45, 2.75) is 12.1 Å². The number of nitrogens with zero attached hydrogens (tertiary/aromatic N) is 1. The highest BCUT2D eigenvalue weighted by Gasteiger charge is 2.45. The van der Waals surface area contributed by atoms with Crippen molar-refractivity contribution in [1.29, 1.82) is 0 Å². The monoisotopic (exact) mass is 557 g/mol. The first-order chi connectivity index (χ1) is 21.2. The second-order valence-corrected chi connectivity index (χ2v) is 11.2. The fourth-order valence-electron chi connectivity index (χ4n) is 7.10. The van der Waals surface area contributed by atoms with Gasteiger partial charge in [-0.1, -0.05) is 103 Å². The molecule has 2 aliphatic rings. The first-order valence-electron chi connectivity index (χ1n) is 14.5. The summed E-state index contributed by atoms with van der Waals surface area (Å²) in [5.74, 6) is 1.11. The van der Waals surface area contributed by atoms with Crippen LogP contribution in [0.2, 0.25) is 0 Å². The Hall–Kier alpha value is -5.68. The van der Waals surface area contributed by atoms with Crippen molar-refractivity contribution in [3.05, 3.63) is 150 Å². The third-order valence-corrected chi connectivity index (χ3v) is 9.02. The molecule has 0 amide bonds. The topological polar surface area (TPSA) is 77.7 Å². The predicted molar refractivity (Wildman–Crippen MR) is 174 cm³/mol. The fraction of sp³-hybridized carbons (Fsp3) is 0.0526. The van der Waals surface area contributed by atoms with Crippen LogP contribution in [0, 0.1) is 0 Å². The summed E-state index contributed by atoms with van der Waals surface area (Å²) < 4.78 is 13.3. The lowest BCUT2D eigenvalue weighted by Crippen LogP contribution is -2.41. The van der Waals surface area contributed by atoms with Crippen LogP contribution >= 0.6 is 0 Å². The predicted octanol–water partition coefficient (Wildman–Crippen LogP) is 8.32. The second kappa shape index (κ2) is 8.91. The Bertz CT molecular complexity index is 2280. The number of hydrogen-bond donors (Lipinski definition) is 2. The van der Waals surface area contributed by atoms with Gasteiger partial charge in [0.05, 0.1) is 17.3 Å². The van der Waals surface area contributed by atoms with Crippen LogP contribution < -0.4 is 21.1 Å². The quantitative estimate of drug-likeness (QED) is 0.223. The molecule has 2 aliphatic heterocycles. The van der Waals surface area contributed by atoms with E-state index in [0.29, 0.717) is 11.5 Å². The minimum atomic E-state index is -0.410. The largest absolute Gasteiger partial charge is 0.468 e. The summed E-state index contributed by atoms with van der Waals surface area (Å²) in [5.41, 5.74) is 22.1. The van der Waals surface area contributed by atoms with Gasteiger partial charge in [0, 0.05) is 21.9 Å². The highest BCUT2D eigenvalue weighted by Crippen LogP contribution is 2.51. The van der Waals surface area contributed by atoms with E-state index in [1.165, 1.54) is 5.56 Å².